The molecule has 0 bridgehead atoms. The maximum absolute atomic E-state index is 6.31. The molecule has 0 aliphatic heterocycles. The van der Waals surface area contributed by atoms with Crippen LogP contribution in [0.2, 0.25) is 5.02 Å². The fourth-order valence-electron chi connectivity index (χ4n) is 3.76. The second-order valence-electron chi connectivity index (χ2n) is 7.29. The molecule has 2 aromatic carbocycles. The Morgan fingerprint density at radius 3 is 2.55 bits per heavy atom. The van der Waals surface area contributed by atoms with Crippen LogP contribution in [0.5, 0.6) is 11.5 Å². The lowest BCUT2D eigenvalue weighted by atomic mass is 10.1. The Morgan fingerprint density at radius 1 is 1.00 bits per heavy atom. The van der Waals surface area contributed by atoms with Crippen molar-refractivity contribution in [2.75, 3.05) is 12.0 Å². The first-order valence-electron chi connectivity index (χ1n) is 9.99. The molecule has 0 amide bonds. The topological polar surface area (TPSA) is 34.6 Å². The van der Waals surface area contributed by atoms with Gasteiger partial charge in [0.25, 0.3) is 0 Å². The van der Waals surface area contributed by atoms with E-state index in [2.05, 4.69) is 34.1 Å². The van der Waals surface area contributed by atoms with Crippen molar-refractivity contribution in [2.45, 2.75) is 38.3 Å². The Bertz CT molecular complexity index is 943. The van der Waals surface area contributed by atoms with Crippen molar-refractivity contribution < 1.29 is 9.47 Å². The minimum absolute atomic E-state index is 0.261. The molecule has 1 saturated carbocycles. The molecule has 1 aliphatic carbocycles. The summed E-state index contributed by atoms with van der Waals surface area (Å²) in [6.07, 6.45) is 8.58. The molecule has 0 radical (unpaired) electrons. The summed E-state index contributed by atoms with van der Waals surface area (Å²) in [4.78, 5) is 6.47. The molecular formula is C24H25ClN2O2. The van der Waals surface area contributed by atoms with Crippen LogP contribution in [0.15, 0.2) is 67.0 Å². The molecule has 1 aromatic heterocycles. The van der Waals surface area contributed by atoms with Gasteiger partial charge < -0.3 is 14.4 Å². The van der Waals surface area contributed by atoms with Gasteiger partial charge in [-0.15, -0.1) is 0 Å². The van der Waals surface area contributed by atoms with E-state index in [0.29, 0.717) is 11.6 Å². The summed E-state index contributed by atoms with van der Waals surface area (Å²) in [6.45, 7) is 0.670. The summed E-state index contributed by atoms with van der Waals surface area (Å²) in [6, 6.07) is 18.0. The van der Waals surface area contributed by atoms with E-state index >= 15 is 0 Å². The smallest absolute Gasteiger partial charge is 0.163 e. The highest BCUT2D eigenvalue weighted by atomic mass is 35.5. The van der Waals surface area contributed by atoms with E-state index in [1.807, 2.05) is 36.5 Å². The molecule has 0 atom stereocenters. The van der Waals surface area contributed by atoms with Crippen molar-refractivity contribution in [1.29, 1.82) is 0 Å². The maximum Gasteiger partial charge on any atom is 0.163 e. The molecule has 4 rings (SSSR count). The first-order chi connectivity index (χ1) is 14.2. The Kier molecular flexibility index (Phi) is 6.20. The number of anilines is 2. The lowest BCUT2D eigenvalue weighted by Crippen LogP contribution is -2.17. The van der Waals surface area contributed by atoms with Crippen LogP contribution < -0.4 is 14.4 Å². The SMILES string of the molecule is COc1ccc(N(Cc2cccnc2)c2cccc(Cl)c2)cc1OC1CCCC1. The number of methoxy groups -OCH3 is 1. The largest absolute Gasteiger partial charge is 0.493 e. The third-order valence-electron chi connectivity index (χ3n) is 5.24. The number of aromatic nitrogens is 1. The van der Waals surface area contributed by atoms with E-state index in [1.54, 1.807) is 13.3 Å². The summed E-state index contributed by atoms with van der Waals surface area (Å²) in [5.74, 6) is 1.54. The minimum atomic E-state index is 0.261. The summed E-state index contributed by atoms with van der Waals surface area (Å²) < 4.78 is 11.9. The van der Waals surface area contributed by atoms with Crippen molar-refractivity contribution in [3.8, 4) is 11.5 Å². The zero-order valence-electron chi connectivity index (χ0n) is 16.6. The van der Waals surface area contributed by atoms with Crippen molar-refractivity contribution in [1.82, 2.24) is 4.98 Å². The first-order valence-corrected chi connectivity index (χ1v) is 10.4. The molecule has 1 aliphatic rings. The quantitative estimate of drug-likeness (QED) is 0.452. The van der Waals surface area contributed by atoms with E-state index in [-0.39, 0.29) is 6.10 Å². The minimum Gasteiger partial charge on any atom is -0.493 e. The van der Waals surface area contributed by atoms with Gasteiger partial charge in [-0.05, 0) is 67.6 Å². The molecule has 29 heavy (non-hydrogen) atoms. The standard InChI is InChI=1S/C24H25ClN2O2/c1-28-23-12-11-21(15-24(23)29-22-9-2-3-10-22)27(17-18-6-5-13-26-16-18)20-8-4-7-19(25)14-20/h4-8,11-16,22H,2-3,9-10,17H2,1H3. The molecule has 0 saturated heterocycles. The van der Waals surface area contributed by atoms with Crippen LogP contribution in [0.25, 0.3) is 0 Å². The number of halogens is 1. The summed E-state index contributed by atoms with van der Waals surface area (Å²) in [7, 11) is 1.68. The van der Waals surface area contributed by atoms with Crippen LogP contribution in [0, 0.1) is 0 Å². The number of hydrogen-bond donors (Lipinski definition) is 0. The third kappa shape index (κ3) is 4.83. The predicted molar refractivity (Wildman–Crippen MR) is 117 cm³/mol. The molecule has 0 unspecified atom stereocenters. The third-order valence-corrected chi connectivity index (χ3v) is 5.47. The Labute approximate surface area is 177 Å². The predicted octanol–water partition coefficient (Wildman–Crippen LogP) is 6.40. The van der Waals surface area contributed by atoms with Gasteiger partial charge in [0.2, 0.25) is 0 Å². The van der Waals surface area contributed by atoms with Crippen LogP contribution in [0.3, 0.4) is 0 Å². The Balaban J connectivity index is 1.71. The van der Waals surface area contributed by atoms with E-state index in [1.165, 1.54) is 12.8 Å². The molecule has 4 nitrogen and oxygen atoms in total. The van der Waals surface area contributed by atoms with Crippen molar-refractivity contribution in [3.63, 3.8) is 0 Å². The van der Waals surface area contributed by atoms with Gasteiger partial charge in [0.05, 0.1) is 13.2 Å². The highest BCUT2D eigenvalue weighted by molar-refractivity contribution is 6.30. The molecule has 1 heterocycles. The zero-order chi connectivity index (χ0) is 20.1. The van der Waals surface area contributed by atoms with Gasteiger partial charge in [-0.2, -0.15) is 0 Å². The summed E-state index contributed by atoms with van der Waals surface area (Å²) in [5.41, 5.74) is 3.14. The van der Waals surface area contributed by atoms with Gasteiger partial charge >= 0.3 is 0 Å². The number of benzene rings is 2. The lowest BCUT2D eigenvalue weighted by molar-refractivity contribution is 0.201. The average Bonchev–Trinajstić information content (AvgIpc) is 3.26. The average molecular weight is 409 g/mol. The van der Waals surface area contributed by atoms with Crippen molar-refractivity contribution in [2.24, 2.45) is 0 Å². The second kappa shape index (κ2) is 9.19. The molecule has 0 N–H and O–H groups in total. The zero-order valence-corrected chi connectivity index (χ0v) is 17.3. The lowest BCUT2D eigenvalue weighted by Gasteiger charge is -2.27. The highest BCUT2D eigenvalue weighted by Crippen LogP contribution is 2.38. The number of rotatable bonds is 7. The van der Waals surface area contributed by atoms with Crippen molar-refractivity contribution in [3.05, 3.63) is 77.6 Å². The Morgan fingerprint density at radius 2 is 1.83 bits per heavy atom. The number of nitrogens with zero attached hydrogens (tertiary/aromatic N) is 2. The molecule has 1 fully saturated rings. The van der Waals surface area contributed by atoms with Gasteiger partial charge in [-0.1, -0.05) is 23.7 Å². The Hall–Kier alpha value is -2.72. The number of ether oxygens (including phenoxy) is 2. The van der Waals surface area contributed by atoms with Gasteiger partial charge in [0.1, 0.15) is 0 Å². The van der Waals surface area contributed by atoms with E-state index in [9.17, 15) is 0 Å². The van der Waals surface area contributed by atoms with E-state index < -0.39 is 0 Å². The van der Waals surface area contributed by atoms with Crippen LogP contribution in [0.4, 0.5) is 11.4 Å². The van der Waals surface area contributed by atoms with E-state index in [4.69, 9.17) is 21.1 Å². The van der Waals surface area contributed by atoms with Gasteiger partial charge in [-0.3, -0.25) is 4.98 Å². The van der Waals surface area contributed by atoms with Crippen LogP contribution >= 0.6 is 11.6 Å². The van der Waals surface area contributed by atoms with Gasteiger partial charge in [-0.25, -0.2) is 0 Å². The molecule has 3 aromatic rings. The second-order valence-corrected chi connectivity index (χ2v) is 7.72. The fourth-order valence-corrected chi connectivity index (χ4v) is 3.95. The fraction of sp³-hybridized carbons (Fsp3) is 0.292. The summed E-state index contributed by atoms with van der Waals surface area (Å²) >= 11 is 6.29. The molecule has 5 heteroatoms. The van der Waals surface area contributed by atoms with Gasteiger partial charge in [0, 0.05) is 41.4 Å². The summed E-state index contributed by atoms with van der Waals surface area (Å²) in [5, 5.41) is 0.703. The molecule has 150 valence electrons. The van der Waals surface area contributed by atoms with Crippen LogP contribution in [0.1, 0.15) is 31.2 Å². The van der Waals surface area contributed by atoms with Gasteiger partial charge in [0.15, 0.2) is 11.5 Å². The number of pyridine rings is 1. The maximum atomic E-state index is 6.31. The monoisotopic (exact) mass is 408 g/mol. The molecule has 0 spiro atoms. The first kappa shape index (κ1) is 19.6. The number of hydrogen-bond acceptors (Lipinski definition) is 4. The van der Waals surface area contributed by atoms with Crippen LogP contribution in [-0.2, 0) is 6.54 Å². The highest BCUT2D eigenvalue weighted by Gasteiger charge is 2.20. The normalized spacial score (nSPS) is 14.0. The molecular weight excluding hydrogens is 384 g/mol. The van der Waals surface area contributed by atoms with Crippen LogP contribution in [-0.4, -0.2) is 18.2 Å². The van der Waals surface area contributed by atoms with Crippen molar-refractivity contribution >= 4 is 23.0 Å². The van der Waals surface area contributed by atoms with E-state index in [0.717, 1.165) is 41.3 Å².